The van der Waals surface area contributed by atoms with Crippen molar-refractivity contribution in [2.75, 3.05) is 21.3 Å². The van der Waals surface area contributed by atoms with Crippen molar-refractivity contribution in [3.63, 3.8) is 0 Å². The van der Waals surface area contributed by atoms with Gasteiger partial charge in [0, 0.05) is 26.5 Å². The molecule has 8 heteroatoms. The normalized spacial score (nSPS) is 10.5. The van der Waals surface area contributed by atoms with Gasteiger partial charge in [-0.2, -0.15) is 0 Å². The van der Waals surface area contributed by atoms with Crippen LogP contribution in [0.5, 0.6) is 0 Å². The van der Waals surface area contributed by atoms with Crippen molar-refractivity contribution in [2.45, 2.75) is 0 Å². The number of carboxylic acids is 2. The van der Waals surface area contributed by atoms with Crippen LogP contribution >= 0.6 is 0 Å². The summed E-state index contributed by atoms with van der Waals surface area (Å²) in [5.74, 6) is -1.91. The van der Waals surface area contributed by atoms with Crippen molar-refractivity contribution >= 4 is 25.9 Å². The van der Waals surface area contributed by atoms with Crippen LogP contribution in [0.3, 0.4) is 0 Å². The van der Waals surface area contributed by atoms with Crippen LogP contribution in [0.1, 0.15) is 20.7 Å². The molecule has 25 heavy (non-hydrogen) atoms. The molecule has 0 atom stereocenters. The molecule has 0 radical (unpaired) electrons. The van der Waals surface area contributed by atoms with E-state index in [1.54, 1.807) is 48.5 Å². The summed E-state index contributed by atoms with van der Waals surface area (Å²) in [6, 6.07) is 14.8. The standard InChI is InChI=1S/C10H14O5Si.C7H6O2/c1-13-16(14-2,15-3)9-7-5-4-6-8(9)10(11)12;8-7(9)6-4-2-1-3-5-6/h4-7H,1-3H3,(H,11,12);1-5H,(H,8,9). The highest BCUT2D eigenvalue weighted by atomic mass is 28.4. The third kappa shape index (κ3) is 5.23. The van der Waals surface area contributed by atoms with Crippen molar-refractivity contribution in [3.8, 4) is 0 Å². The zero-order chi connectivity index (χ0) is 18.9. The van der Waals surface area contributed by atoms with E-state index in [1.807, 2.05) is 0 Å². The monoisotopic (exact) mass is 364 g/mol. The minimum absolute atomic E-state index is 0.139. The molecule has 0 saturated carbocycles. The molecule has 2 aromatic rings. The number of hydrogen-bond donors (Lipinski definition) is 2. The number of benzene rings is 2. The lowest BCUT2D eigenvalue weighted by molar-refractivity contribution is 0.0685. The van der Waals surface area contributed by atoms with Gasteiger partial charge >= 0.3 is 20.7 Å². The van der Waals surface area contributed by atoms with Gasteiger partial charge in [0.25, 0.3) is 0 Å². The summed E-state index contributed by atoms with van der Waals surface area (Å²) in [5.41, 5.74) is 0.470. The molecule has 0 unspecified atom stereocenters. The fraction of sp³-hybridized carbons (Fsp3) is 0.176. The van der Waals surface area contributed by atoms with Gasteiger partial charge < -0.3 is 23.5 Å². The van der Waals surface area contributed by atoms with E-state index >= 15 is 0 Å². The van der Waals surface area contributed by atoms with Crippen LogP contribution in [0.4, 0.5) is 0 Å². The maximum absolute atomic E-state index is 11.1. The van der Waals surface area contributed by atoms with Gasteiger partial charge in [-0.15, -0.1) is 0 Å². The predicted octanol–water partition coefficient (Wildman–Crippen LogP) is 1.85. The van der Waals surface area contributed by atoms with Crippen LogP contribution in [0.2, 0.25) is 0 Å². The maximum atomic E-state index is 11.1. The lowest BCUT2D eigenvalue weighted by Gasteiger charge is -2.25. The molecule has 0 saturated heterocycles. The number of carbonyl (C=O) groups is 2. The lowest BCUT2D eigenvalue weighted by atomic mass is 10.2. The van der Waals surface area contributed by atoms with E-state index in [1.165, 1.54) is 27.4 Å². The third-order valence-corrected chi connectivity index (χ3v) is 6.02. The van der Waals surface area contributed by atoms with Gasteiger partial charge in [-0.3, -0.25) is 0 Å². The second kappa shape index (κ2) is 9.70. The molecule has 0 aliphatic rings. The Labute approximate surface area is 146 Å². The molecule has 0 spiro atoms. The number of rotatable bonds is 6. The van der Waals surface area contributed by atoms with E-state index in [2.05, 4.69) is 0 Å². The Balaban J connectivity index is 0.000000293. The predicted molar refractivity (Wildman–Crippen MR) is 93.2 cm³/mol. The van der Waals surface area contributed by atoms with Crippen molar-refractivity contribution in [2.24, 2.45) is 0 Å². The first-order valence-electron chi connectivity index (χ1n) is 7.18. The average molecular weight is 364 g/mol. The minimum Gasteiger partial charge on any atom is -0.478 e. The molecule has 0 amide bonds. The molecule has 2 rings (SSSR count). The van der Waals surface area contributed by atoms with Crippen LogP contribution in [0, 0.1) is 0 Å². The summed E-state index contributed by atoms with van der Waals surface area (Å²) in [7, 11) is 1.25. The van der Waals surface area contributed by atoms with Gasteiger partial charge in [-0.25, -0.2) is 9.59 Å². The van der Waals surface area contributed by atoms with Crippen LogP contribution in [0.15, 0.2) is 54.6 Å². The average Bonchev–Trinajstić information content (AvgIpc) is 2.65. The van der Waals surface area contributed by atoms with Crippen molar-refractivity contribution in [3.05, 3.63) is 65.7 Å². The number of carboxylic acid groups (broad SMARTS) is 2. The lowest BCUT2D eigenvalue weighted by Crippen LogP contribution is -2.56. The molecule has 0 fully saturated rings. The first-order chi connectivity index (χ1) is 11.9. The van der Waals surface area contributed by atoms with Crippen LogP contribution in [-0.4, -0.2) is 52.3 Å². The molecular formula is C17H20O7Si. The molecule has 7 nitrogen and oxygen atoms in total. The molecule has 0 heterocycles. The van der Waals surface area contributed by atoms with E-state index in [0.29, 0.717) is 10.8 Å². The first kappa shape index (κ1) is 20.5. The summed E-state index contributed by atoms with van der Waals surface area (Å²) in [4.78, 5) is 21.3. The fourth-order valence-electron chi connectivity index (χ4n) is 2.10. The zero-order valence-electron chi connectivity index (χ0n) is 14.1. The van der Waals surface area contributed by atoms with Gasteiger partial charge in [0.05, 0.1) is 11.1 Å². The Kier molecular flexibility index (Phi) is 7.96. The largest absolute Gasteiger partial charge is 0.537 e. The van der Waals surface area contributed by atoms with Gasteiger partial charge in [-0.05, 0) is 18.2 Å². The molecule has 2 aromatic carbocycles. The Bertz CT molecular complexity index is 691. The van der Waals surface area contributed by atoms with Gasteiger partial charge in [0.2, 0.25) is 0 Å². The zero-order valence-corrected chi connectivity index (χ0v) is 15.1. The first-order valence-corrected chi connectivity index (χ1v) is 8.91. The summed E-state index contributed by atoms with van der Waals surface area (Å²) in [6.07, 6.45) is 0. The summed E-state index contributed by atoms with van der Waals surface area (Å²) in [6.45, 7) is 0. The number of aromatic carboxylic acids is 2. The van der Waals surface area contributed by atoms with E-state index in [9.17, 15) is 9.59 Å². The van der Waals surface area contributed by atoms with E-state index in [4.69, 9.17) is 23.5 Å². The molecule has 2 N–H and O–H groups in total. The topological polar surface area (TPSA) is 102 Å². The second-order valence-electron chi connectivity index (χ2n) is 4.69. The summed E-state index contributed by atoms with van der Waals surface area (Å²) < 4.78 is 15.7. The Morgan fingerprint density at radius 2 is 1.24 bits per heavy atom. The smallest absolute Gasteiger partial charge is 0.478 e. The van der Waals surface area contributed by atoms with Crippen LogP contribution in [0.25, 0.3) is 0 Å². The maximum Gasteiger partial charge on any atom is 0.537 e. The van der Waals surface area contributed by atoms with Crippen molar-refractivity contribution in [1.29, 1.82) is 0 Å². The van der Waals surface area contributed by atoms with E-state index in [-0.39, 0.29) is 5.56 Å². The quantitative estimate of drug-likeness (QED) is 0.754. The van der Waals surface area contributed by atoms with E-state index in [0.717, 1.165) is 0 Å². The highest BCUT2D eigenvalue weighted by Crippen LogP contribution is 2.10. The molecule has 134 valence electrons. The van der Waals surface area contributed by atoms with Crippen LogP contribution in [-0.2, 0) is 13.3 Å². The summed E-state index contributed by atoms with van der Waals surface area (Å²) in [5, 5.41) is 17.9. The van der Waals surface area contributed by atoms with Crippen molar-refractivity contribution in [1.82, 2.24) is 0 Å². The Hall–Kier alpha value is -2.52. The SMILES string of the molecule is CO[Si](OC)(OC)c1ccccc1C(=O)O.O=C(O)c1ccccc1. The molecule has 0 aromatic heterocycles. The Morgan fingerprint density at radius 1 is 0.760 bits per heavy atom. The second-order valence-corrected chi connectivity index (χ2v) is 7.57. The van der Waals surface area contributed by atoms with Gasteiger partial charge in [0.15, 0.2) is 0 Å². The molecular weight excluding hydrogens is 344 g/mol. The minimum atomic E-state index is -3.08. The highest BCUT2D eigenvalue weighted by molar-refractivity contribution is 6.76. The molecule has 0 aliphatic carbocycles. The number of hydrogen-bond acceptors (Lipinski definition) is 5. The van der Waals surface area contributed by atoms with Gasteiger partial charge in [0.1, 0.15) is 0 Å². The van der Waals surface area contributed by atoms with Crippen molar-refractivity contribution < 1.29 is 33.1 Å². The fourth-order valence-corrected chi connectivity index (χ4v) is 4.08. The van der Waals surface area contributed by atoms with Gasteiger partial charge in [-0.1, -0.05) is 36.4 Å². The summed E-state index contributed by atoms with van der Waals surface area (Å²) >= 11 is 0. The van der Waals surface area contributed by atoms with E-state index < -0.39 is 20.7 Å². The highest BCUT2D eigenvalue weighted by Gasteiger charge is 2.43. The molecule has 0 bridgehead atoms. The third-order valence-electron chi connectivity index (χ3n) is 3.31. The Morgan fingerprint density at radius 3 is 1.64 bits per heavy atom. The van der Waals surface area contributed by atoms with Crippen LogP contribution < -0.4 is 5.19 Å². The molecule has 0 aliphatic heterocycles.